The zero-order valence-corrected chi connectivity index (χ0v) is 33.9. The van der Waals surface area contributed by atoms with E-state index in [1.807, 2.05) is 24.4 Å². The summed E-state index contributed by atoms with van der Waals surface area (Å²) in [4.78, 5) is 7.05. The first-order chi connectivity index (χ1) is 27.9. The predicted molar refractivity (Wildman–Crippen MR) is 243 cm³/mol. The number of nitrogens with zero attached hydrogens (tertiary/aromatic N) is 3. The molecule has 0 aliphatic heterocycles. The molecule has 0 amide bonds. The van der Waals surface area contributed by atoms with Crippen molar-refractivity contribution in [3.05, 3.63) is 199 Å². The third-order valence-corrected chi connectivity index (χ3v) is 12.0. The monoisotopic (exact) mass is 744 g/mol. The molecule has 284 valence electrons. The van der Waals surface area contributed by atoms with E-state index < -0.39 is 0 Å². The van der Waals surface area contributed by atoms with Crippen molar-refractivity contribution in [2.24, 2.45) is 5.92 Å². The third kappa shape index (κ3) is 8.30. The average Bonchev–Trinajstić information content (AvgIpc) is 3.28. The molecule has 0 N–H and O–H groups in total. The zero-order chi connectivity index (χ0) is 39.8. The van der Waals surface area contributed by atoms with Gasteiger partial charge in [-0.3, -0.25) is 4.98 Å². The molecule has 57 heavy (non-hydrogen) atoms. The van der Waals surface area contributed by atoms with Gasteiger partial charge in [-0.05, 0) is 119 Å². The van der Waals surface area contributed by atoms with Crippen molar-refractivity contribution < 1.29 is 4.57 Å². The summed E-state index contributed by atoms with van der Waals surface area (Å²) in [6, 6.07) is 54.6. The first-order valence-corrected chi connectivity index (χ1v) is 20.3. The van der Waals surface area contributed by atoms with Crippen LogP contribution in [-0.2, 0) is 12.0 Å². The van der Waals surface area contributed by atoms with Gasteiger partial charge in [0, 0.05) is 52.9 Å². The van der Waals surface area contributed by atoms with E-state index in [1.165, 1.54) is 39.1 Å². The van der Waals surface area contributed by atoms with Gasteiger partial charge in [-0.15, -0.1) is 0 Å². The Bertz CT molecular complexity index is 2380. The molecule has 3 nitrogen and oxygen atoms in total. The van der Waals surface area contributed by atoms with Crippen molar-refractivity contribution in [3.63, 3.8) is 0 Å². The molecule has 5 aromatic carbocycles. The van der Waals surface area contributed by atoms with E-state index in [-0.39, 0.29) is 5.41 Å². The fourth-order valence-corrected chi connectivity index (χ4v) is 8.46. The van der Waals surface area contributed by atoms with Gasteiger partial charge in [0.1, 0.15) is 6.54 Å². The molecule has 2 heterocycles. The normalized spacial score (nSPS) is 12.7. The minimum absolute atomic E-state index is 0.0000312. The second-order valence-electron chi connectivity index (χ2n) is 15.2. The maximum absolute atomic E-state index is 4.75. The lowest BCUT2D eigenvalue weighted by Crippen LogP contribution is -2.40. The van der Waals surface area contributed by atoms with Gasteiger partial charge in [-0.25, -0.2) is 0 Å². The second-order valence-corrected chi connectivity index (χ2v) is 15.2. The Hall–Kier alpha value is -6.32. The molecule has 2 unspecified atom stereocenters. The lowest BCUT2D eigenvalue weighted by molar-refractivity contribution is -0.687. The summed E-state index contributed by atoms with van der Waals surface area (Å²) in [5, 5.41) is 0. The van der Waals surface area contributed by atoms with E-state index in [2.05, 4.69) is 202 Å². The fraction of sp³-hybridized carbons (Fsp3) is 0.185. The predicted octanol–water partition coefficient (Wildman–Crippen LogP) is 14.2. The van der Waals surface area contributed by atoms with Crippen molar-refractivity contribution >= 4 is 29.2 Å². The summed E-state index contributed by atoms with van der Waals surface area (Å²) < 4.78 is 2.46. The SMILES string of the molecule is C=Cc1ccc(N(c2ccc(C=C)cc2)c2ccc(-c3ccc(C)c(-c4cccc[n+]4CCC(CC)C(C)(CC)c4ccccc4-c4ccccn4)c3)cc2)cc1. The molecule has 3 heteroatoms. The highest BCUT2D eigenvalue weighted by Crippen LogP contribution is 2.43. The van der Waals surface area contributed by atoms with Crippen LogP contribution in [0.5, 0.6) is 0 Å². The molecule has 0 aliphatic carbocycles. The number of anilines is 3. The number of aromatic nitrogens is 2. The molecule has 0 spiro atoms. The molecule has 0 saturated carbocycles. The summed E-state index contributed by atoms with van der Waals surface area (Å²) in [6.45, 7) is 18.2. The van der Waals surface area contributed by atoms with Gasteiger partial charge in [-0.2, -0.15) is 4.57 Å². The van der Waals surface area contributed by atoms with Gasteiger partial charge in [0.25, 0.3) is 0 Å². The molecule has 0 aliphatic rings. The number of benzene rings is 5. The topological polar surface area (TPSA) is 20.0 Å². The summed E-state index contributed by atoms with van der Waals surface area (Å²) in [5.74, 6) is 0.485. The van der Waals surface area contributed by atoms with E-state index in [0.717, 1.165) is 59.7 Å². The first-order valence-electron chi connectivity index (χ1n) is 20.3. The first kappa shape index (κ1) is 38.9. The van der Waals surface area contributed by atoms with Gasteiger partial charge < -0.3 is 4.90 Å². The Morgan fingerprint density at radius 2 is 1.26 bits per heavy atom. The molecule has 7 aromatic rings. The molecule has 2 aromatic heterocycles. The maximum atomic E-state index is 4.75. The quantitative estimate of drug-likeness (QED) is 0.0974. The molecule has 0 fully saturated rings. The average molecular weight is 745 g/mol. The number of rotatable bonds is 15. The number of hydrogen-bond donors (Lipinski definition) is 0. The Morgan fingerprint density at radius 3 is 1.86 bits per heavy atom. The molecule has 2 atom stereocenters. The van der Waals surface area contributed by atoms with Crippen molar-refractivity contribution in [2.75, 3.05) is 4.90 Å². The molecule has 0 bridgehead atoms. The van der Waals surface area contributed by atoms with Crippen LogP contribution in [0.15, 0.2) is 177 Å². The maximum Gasteiger partial charge on any atom is 0.212 e. The molecule has 7 rings (SSSR count). The smallest absolute Gasteiger partial charge is 0.212 e. The lowest BCUT2D eigenvalue weighted by Gasteiger charge is -2.38. The van der Waals surface area contributed by atoms with Gasteiger partial charge in [-0.1, -0.05) is 131 Å². The Labute approximate surface area is 340 Å². The standard InChI is InChI=1S/C54H54N3/c1-7-41-22-29-46(30-23-41)57(47-31-24-42(8-2)25-32-47)48-33-27-43(28-34-48)44-26-21-40(5)50(39-44)53-20-14-16-37-56(53)38-35-45(9-3)54(6,10-4)51-18-12-11-17-49(51)52-19-13-15-36-55-52/h7-8,11-34,36-37,39,45H,1-2,9-10,35,38H2,3-6H3/q+1. The minimum atomic E-state index is 0.0000312. The zero-order valence-electron chi connectivity index (χ0n) is 33.9. The van der Waals surface area contributed by atoms with Crippen LogP contribution in [0.4, 0.5) is 17.1 Å². The van der Waals surface area contributed by atoms with E-state index >= 15 is 0 Å². The Balaban J connectivity index is 1.17. The van der Waals surface area contributed by atoms with Crippen LogP contribution >= 0.6 is 0 Å². The van der Waals surface area contributed by atoms with Crippen LogP contribution in [0.25, 0.3) is 45.8 Å². The molecule has 0 radical (unpaired) electrons. The molecule has 0 saturated heterocycles. The lowest BCUT2D eigenvalue weighted by atomic mass is 9.66. The largest absolute Gasteiger partial charge is 0.311 e. The van der Waals surface area contributed by atoms with E-state index in [1.54, 1.807) is 0 Å². The Kier molecular flexibility index (Phi) is 12.1. The van der Waals surface area contributed by atoms with Gasteiger partial charge >= 0.3 is 0 Å². The third-order valence-electron chi connectivity index (χ3n) is 12.0. The Morgan fingerprint density at radius 1 is 0.667 bits per heavy atom. The second kappa shape index (κ2) is 17.6. The number of pyridine rings is 2. The van der Waals surface area contributed by atoms with Gasteiger partial charge in [0.2, 0.25) is 5.69 Å². The summed E-state index contributed by atoms with van der Waals surface area (Å²) in [7, 11) is 0. The number of hydrogen-bond acceptors (Lipinski definition) is 2. The van der Waals surface area contributed by atoms with E-state index in [4.69, 9.17) is 4.98 Å². The summed E-state index contributed by atoms with van der Waals surface area (Å²) >= 11 is 0. The van der Waals surface area contributed by atoms with Gasteiger partial charge in [0.05, 0.1) is 5.69 Å². The van der Waals surface area contributed by atoms with Crippen LogP contribution in [0, 0.1) is 12.8 Å². The van der Waals surface area contributed by atoms with Crippen molar-refractivity contribution in [1.82, 2.24) is 4.98 Å². The molecular weight excluding hydrogens is 691 g/mol. The van der Waals surface area contributed by atoms with Crippen molar-refractivity contribution in [1.29, 1.82) is 0 Å². The van der Waals surface area contributed by atoms with Crippen LogP contribution in [-0.4, -0.2) is 4.98 Å². The highest BCUT2D eigenvalue weighted by molar-refractivity contribution is 5.80. The van der Waals surface area contributed by atoms with Crippen LogP contribution < -0.4 is 9.47 Å². The highest BCUT2D eigenvalue weighted by atomic mass is 15.1. The van der Waals surface area contributed by atoms with Crippen molar-refractivity contribution in [2.45, 2.75) is 58.9 Å². The van der Waals surface area contributed by atoms with Crippen LogP contribution in [0.1, 0.15) is 62.3 Å². The molecular formula is C54H54N3+. The van der Waals surface area contributed by atoms with Crippen LogP contribution in [0.2, 0.25) is 0 Å². The fourth-order valence-electron chi connectivity index (χ4n) is 8.46. The minimum Gasteiger partial charge on any atom is -0.311 e. The summed E-state index contributed by atoms with van der Waals surface area (Å²) in [6.07, 6.45) is 11.1. The number of aryl methyl sites for hydroxylation is 2. The van der Waals surface area contributed by atoms with E-state index in [0.29, 0.717) is 5.92 Å². The van der Waals surface area contributed by atoms with Crippen molar-refractivity contribution in [3.8, 4) is 33.6 Å². The highest BCUT2D eigenvalue weighted by Gasteiger charge is 2.36. The summed E-state index contributed by atoms with van der Waals surface area (Å²) in [5.41, 5.74) is 15.3. The van der Waals surface area contributed by atoms with Crippen LogP contribution in [0.3, 0.4) is 0 Å². The van der Waals surface area contributed by atoms with Gasteiger partial charge in [0.15, 0.2) is 6.20 Å². The van der Waals surface area contributed by atoms with E-state index in [9.17, 15) is 0 Å².